The van der Waals surface area contributed by atoms with Crippen LogP contribution in [-0.2, 0) is 4.79 Å². The molecule has 0 spiro atoms. The van der Waals surface area contributed by atoms with Gasteiger partial charge in [-0.05, 0) is 61.9 Å². The first kappa shape index (κ1) is 30.3. The third-order valence-corrected chi connectivity index (χ3v) is 6.42. The summed E-state index contributed by atoms with van der Waals surface area (Å²) in [6.07, 6.45) is -1.04. The van der Waals surface area contributed by atoms with E-state index in [0.29, 0.717) is 35.8 Å². The monoisotopic (exact) mass is 563 g/mol. The molecule has 1 aliphatic rings. The van der Waals surface area contributed by atoms with Crippen LogP contribution in [0.15, 0.2) is 42.5 Å². The number of rotatable bonds is 7. The van der Waals surface area contributed by atoms with Crippen LogP contribution in [0, 0.1) is 5.92 Å². The Kier molecular flexibility index (Phi) is 9.97. The number of fused-ring (bicyclic) bond motifs is 1. The van der Waals surface area contributed by atoms with Crippen LogP contribution in [0.3, 0.4) is 0 Å². The molecular formula is C27H32F3N5O5. The van der Waals surface area contributed by atoms with Gasteiger partial charge in [-0.1, -0.05) is 12.1 Å². The van der Waals surface area contributed by atoms with Crippen molar-refractivity contribution in [3.8, 4) is 11.5 Å². The molecular weight excluding hydrogens is 531 g/mol. The number of phenolic OH excluding ortho intramolecular Hbond substituents is 1. The fourth-order valence-corrected chi connectivity index (χ4v) is 4.32. The van der Waals surface area contributed by atoms with Crippen LogP contribution >= 0.6 is 0 Å². The number of hydrogen-bond donors (Lipinski definition) is 4. The van der Waals surface area contributed by atoms with E-state index in [1.165, 1.54) is 13.2 Å². The van der Waals surface area contributed by atoms with Gasteiger partial charge in [0.05, 0.1) is 12.6 Å². The van der Waals surface area contributed by atoms with E-state index < -0.39 is 12.1 Å². The lowest BCUT2D eigenvalue weighted by molar-refractivity contribution is -0.192. The minimum atomic E-state index is -5.08. The molecule has 1 aromatic heterocycles. The second-order valence-corrected chi connectivity index (χ2v) is 9.54. The first-order chi connectivity index (χ1) is 18.9. The number of carboxylic acids is 1. The highest BCUT2D eigenvalue weighted by atomic mass is 19.4. The molecule has 3 aromatic rings. The number of para-hydroxylation sites is 1. The number of anilines is 2. The molecule has 216 valence electrons. The van der Waals surface area contributed by atoms with Gasteiger partial charge in [0.1, 0.15) is 5.82 Å². The predicted molar refractivity (Wildman–Crippen MR) is 144 cm³/mol. The number of carboxylic acid groups (broad SMARTS) is 1. The van der Waals surface area contributed by atoms with E-state index in [9.17, 15) is 23.1 Å². The van der Waals surface area contributed by atoms with Crippen LogP contribution in [0.5, 0.6) is 11.5 Å². The zero-order chi connectivity index (χ0) is 29.4. The zero-order valence-electron chi connectivity index (χ0n) is 22.3. The molecule has 40 heavy (non-hydrogen) atoms. The highest BCUT2D eigenvalue weighted by molar-refractivity contribution is 5.95. The number of carbonyl (C=O) groups is 2. The summed E-state index contributed by atoms with van der Waals surface area (Å²) in [5.41, 5.74) is 1.41. The second kappa shape index (κ2) is 13.2. The van der Waals surface area contributed by atoms with Gasteiger partial charge < -0.3 is 30.5 Å². The van der Waals surface area contributed by atoms with Crippen molar-refractivity contribution in [3.05, 3.63) is 48.0 Å². The molecule has 1 fully saturated rings. The number of alkyl halides is 3. The van der Waals surface area contributed by atoms with E-state index in [1.54, 1.807) is 12.1 Å². The number of benzene rings is 2. The van der Waals surface area contributed by atoms with E-state index in [1.807, 2.05) is 43.3 Å². The SMILES string of the molecule is COc1cc(C(=O)NCC2CCC(Nc3nc(N(C)C)c4ccccc4n3)CC2)ccc1O.O=C(O)C(F)(F)F. The summed E-state index contributed by atoms with van der Waals surface area (Å²) in [7, 11) is 5.45. The van der Waals surface area contributed by atoms with Crippen LogP contribution in [0.1, 0.15) is 36.0 Å². The van der Waals surface area contributed by atoms with Crippen LogP contribution in [-0.4, -0.2) is 72.0 Å². The Hall–Kier alpha value is -4.29. The number of hydrogen-bond acceptors (Lipinski definition) is 8. The Morgan fingerprint density at radius 1 is 1.07 bits per heavy atom. The van der Waals surface area contributed by atoms with Gasteiger partial charge in [-0.3, -0.25) is 4.79 Å². The van der Waals surface area contributed by atoms with Crippen molar-refractivity contribution in [3.63, 3.8) is 0 Å². The lowest BCUT2D eigenvalue weighted by Gasteiger charge is -2.29. The lowest BCUT2D eigenvalue weighted by atomic mass is 9.86. The van der Waals surface area contributed by atoms with Crippen molar-refractivity contribution in [2.24, 2.45) is 5.92 Å². The van der Waals surface area contributed by atoms with E-state index in [2.05, 4.69) is 10.6 Å². The predicted octanol–water partition coefficient (Wildman–Crippen LogP) is 4.44. The molecule has 1 heterocycles. The first-order valence-corrected chi connectivity index (χ1v) is 12.5. The highest BCUT2D eigenvalue weighted by Gasteiger charge is 2.38. The molecule has 0 atom stereocenters. The molecule has 4 N–H and O–H groups in total. The second-order valence-electron chi connectivity index (χ2n) is 9.54. The van der Waals surface area contributed by atoms with E-state index in [0.717, 1.165) is 42.4 Å². The Morgan fingerprint density at radius 2 is 1.73 bits per heavy atom. The number of halogens is 3. The highest BCUT2D eigenvalue weighted by Crippen LogP contribution is 2.29. The Bertz CT molecular complexity index is 1330. The molecule has 4 rings (SSSR count). The van der Waals surface area contributed by atoms with Gasteiger partial charge in [-0.15, -0.1) is 0 Å². The third-order valence-electron chi connectivity index (χ3n) is 6.42. The lowest BCUT2D eigenvalue weighted by Crippen LogP contribution is -2.34. The van der Waals surface area contributed by atoms with E-state index >= 15 is 0 Å². The summed E-state index contributed by atoms with van der Waals surface area (Å²) in [4.78, 5) is 32.8. The summed E-state index contributed by atoms with van der Waals surface area (Å²) < 4.78 is 36.8. The van der Waals surface area contributed by atoms with Crippen LogP contribution in [0.25, 0.3) is 10.9 Å². The quantitative estimate of drug-likeness (QED) is 0.329. The van der Waals surface area contributed by atoms with Gasteiger partial charge in [-0.2, -0.15) is 18.2 Å². The van der Waals surface area contributed by atoms with Crippen molar-refractivity contribution >= 4 is 34.5 Å². The number of aliphatic carboxylic acids is 1. The van der Waals surface area contributed by atoms with Crippen molar-refractivity contribution < 1.29 is 37.7 Å². The summed E-state index contributed by atoms with van der Waals surface area (Å²) in [6, 6.07) is 13.0. The Morgan fingerprint density at radius 3 is 2.33 bits per heavy atom. The maximum absolute atomic E-state index is 12.5. The van der Waals surface area contributed by atoms with Gasteiger partial charge in [0.15, 0.2) is 11.5 Å². The van der Waals surface area contributed by atoms with E-state index in [4.69, 9.17) is 24.6 Å². The maximum atomic E-state index is 12.5. The topological polar surface area (TPSA) is 137 Å². The van der Waals surface area contributed by atoms with Gasteiger partial charge in [-0.25, -0.2) is 9.78 Å². The molecule has 1 aliphatic carbocycles. The molecule has 0 radical (unpaired) electrons. The molecule has 2 aromatic carbocycles. The Balaban J connectivity index is 0.000000559. The van der Waals surface area contributed by atoms with Gasteiger partial charge in [0.25, 0.3) is 5.91 Å². The molecule has 10 nitrogen and oxygen atoms in total. The normalized spacial score (nSPS) is 16.9. The van der Waals surface area contributed by atoms with Gasteiger partial charge >= 0.3 is 12.1 Å². The van der Waals surface area contributed by atoms with Gasteiger partial charge in [0, 0.05) is 37.6 Å². The molecule has 0 unspecified atom stereocenters. The Labute approximate surface area is 229 Å². The molecule has 0 saturated heterocycles. The van der Waals surface area contributed by atoms with Crippen molar-refractivity contribution in [1.82, 2.24) is 15.3 Å². The number of methoxy groups -OCH3 is 1. The minimum Gasteiger partial charge on any atom is -0.504 e. The first-order valence-electron chi connectivity index (χ1n) is 12.5. The fourth-order valence-electron chi connectivity index (χ4n) is 4.32. The third kappa shape index (κ3) is 8.10. The number of amides is 1. The standard InChI is InChI=1S/C25H31N5O3.C2HF3O2/c1-30(2)23-19-6-4-5-7-20(19)28-25(29-23)27-18-11-8-16(9-12-18)15-26-24(32)17-10-13-21(31)22(14-17)33-3;3-2(4,5)1(6)7/h4-7,10,13-14,16,18,31H,8-9,11-12,15H2,1-3H3,(H,26,32)(H,27,28,29);(H,6,7). The summed E-state index contributed by atoms with van der Waals surface area (Å²) in [6.45, 7) is 0.631. The number of aromatic nitrogens is 2. The summed E-state index contributed by atoms with van der Waals surface area (Å²) >= 11 is 0. The molecule has 13 heteroatoms. The number of nitrogens with one attached hydrogen (secondary N) is 2. The van der Waals surface area contributed by atoms with Crippen molar-refractivity contribution in [2.75, 3.05) is 38.0 Å². The fraction of sp³-hybridized carbons (Fsp3) is 0.407. The van der Waals surface area contributed by atoms with E-state index in [-0.39, 0.29) is 11.7 Å². The molecule has 0 aliphatic heterocycles. The minimum absolute atomic E-state index is 0.0213. The molecule has 0 bridgehead atoms. The molecule has 1 amide bonds. The van der Waals surface area contributed by atoms with Crippen molar-refractivity contribution in [1.29, 1.82) is 0 Å². The average molecular weight is 564 g/mol. The maximum Gasteiger partial charge on any atom is 0.490 e. The van der Waals surface area contributed by atoms with Crippen LogP contribution < -0.4 is 20.3 Å². The van der Waals surface area contributed by atoms with Crippen LogP contribution in [0.4, 0.5) is 24.9 Å². The number of nitrogens with zero attached hydrogens (tertiary/aromatic N) is 3. The molecule has 1 saturated carbocycles. The summed E-state index contributed by atoms with van der Waals surface area (Å²) in [5, 5.41) is 24.4. The number of ether oxygens (including phenoxy) is 1. The van der Waals surface area contributed by atoms with Crippen LogP contribution in [0.2, 0.25) is 0 Å². The number of aromatic hydroxyl groups is 1. The van der Waals surface area contributed by atoms with Crippen molar-refractivity contribution in [2.45, 2.75) is 37.9 Å². The summed E-state index contributed by atoms with van der Waals surface area (Å²) in [5.74, 6) is -0.598. The number of carbonyl (C=O) groups excluding carboxylic acids is 1. The largest absolute Gasteiger partial charge is 0.504 e. The average Bonchev–Trinajstić information content (AvgIpc) is 2.92. The van der Waals surface area contributed by atoms with Gasteiger partial charge in [0.2, 0.25) is 5.95 Å². The zero-order valence-corrected chi connectivity index (χ0v) is 22.3. The number of phenols is 1. The smallest absolute Gasteiger partial charge is 0.490 e.